The standard InChI is InChI=1S/C32H34FN5/c1-19-10-25(11-20(2)21(19)3)32-31(23-6-7-24(14-34)29(33)12-23)28-13-27(18-37-9-8-26(35)17-37)38(16-22-4-5-22)30(28)15-36-32/h6-7,10-13,15,22,26H,4-5,8-9,16-18,35H2,1-3H3/t26-/m0/s1. The number of halogens is 1. The van der Waals surface area contributed by atoms with Crippen molar-refractivity contribution in [2.24, 2.45) is 11.7 Å². The minimum Gasteiger partial charge on any atom is -0.342 e. The van der Waals surface area contributed by atoms with Gasteiger partial charge in [0.25, 0.3) is 0 Å². The Labute approximate surface area is 223 Å². The van der Waals surface area contributed by atoms with Crippen molar-refractivity contribution in [1.29, 1.82) is 5.26 Å². The van der Waals surface area contributed by atoms with Gasteiger partial charge >= 0.3 is 0 Å². The second-order valence-corrected chi connectivity index (χ2v) is 11.3. The van der Waals surface area contributed by atoms with Gasteiger partial charge in [-0.25, -0.2) is 4.39 Å². The van der Waals surface area contributed by atoms with Gasteiger partial charge in [-0.1, -0.05) is 6.07 Å². The van der Waals surface area contributed by atoms with Gasteiger partial charge in [-0.15, -0.1) is 0 Å². The minimum atomic E-state index is -0.507. The highest BCUT2D eigenvalue weighted by molar-refractivity contribution is 6.02. The molecule has 2 aromatic carbocycles. The molecule has 38 heavy (non-hydrogen) atoms. The zero-order chi connectivity index (χ0) is 26.6. The summed E-state index contributed by atoms with van der Waals surface area (Å²) in [5.41, 5.74) is 15.8. The molecule has 2 aromatic heterocycles. The molecule has 2 aliphatic rings. The molecule has 1 aliphatic carbocycles. The van der Waals surface area contributed by atoms with E-state index in [0.717, 1.165) is 65.9 Å². The van der Waals surface area contributed by atoms with E-state index in [1.807, 2.05) is 18.3 Å². The molecule has 1 atom stereocenters. The van der Waals surface area contributed by atoms with Crippen molar-refractivity contribution in [3.63, 3.8) is 0 Å². The molecule has 5 nitrogen and oxygen atoms in total. The highest BCUT2D eigenvalue weighted by atomic mass is 19.1. The van der Waals surface area contributed by atoms with E-state index >= 15 is 0 Å². The first kappa shape index (κ1) is 24.8. The van der Waals surface area contributed by atoms with Crippen molar-refractivity contribution < 1.29 is 4.39 Å². The van der Waals surface area contributed by atoms with Crippen molar-refractivity contribution >= 4 is 10.9 Å². The lowest BCUT2D eigenvalue weighted by Crippen LogP contribution is -2.27. The number of hydrogen-bond donors (Lipinski definition) is 1. The summed E-state index contributed by atoms with van der Waals surface area (Å²) in [6, 6.07) is 13.7. The van der Waals surface area contributed by atoms with Crippen LogP contribution < -0.4 is 5.73 Å². The first-order valence-corrected chi connectivity index (χ1v) is 13.6. The van der Waals surface area contributed by atoms with E-state index in [0.29, 0.717) is 5.92 Å². The smallest absolute Gasteiger partial charge is 0.141 e. The van der Waals surface area contributed by atoms with Crippen molar-refractivity contribution in [1.82, 2.24) is 14.5 Å². The molecule has 3 heterocycles. The molecule has 0 bridgehead atoms. The Balaban J connectivity index is 1.59. The molecule has 0 amide bonds. The van der Waals surface area contributed by atoms with Crippen molar-refractivity contribution in [2.45, 2.75) is 59.2 Å². The number of hydrogen-bond acceptors (Lipinski definition) is 4. The molecule has 2 N–H and O–H groups in total. The molecule has 6 rings (SSSR count). The topological polar surface area (TPSA) is 70.9 Å². The SMILES string of the molecule is Cc1cc(-c2ncc3c(cc(CN4CC[C@H](N)C4)n3CC3CC3)c2-c2ccc(C#N)c(F)c2)cc(C)c1C. The maximum absolute atomic E-state index is 15.0. The van der Waals surface area contributed by atoms with Crippen LogP contribution in [0.1, 0.15) is 47.2 Å². The van der Waals surface area contributed by atoms with Gasteiger partial charge in [0.15, 0.2) is 0 Å². The minimum absolute atomic E-state index is 0.0508. The summed E-state index contributed by atoms with van der Waals surface area (Å²) in [6.45, 7) is 10.1. The van der Waals surface area contributed by atoms with E-state index in [-0.39, 0.29) is 11.6 Å². The Kier molecular flexibility index (Phi) is 6.29. The number of pyridine rings is 1. The van der Waals surface area contributed by atoms with Gasteiger partial charge < -0.3 is 10.3 Å². The summed E-state index contributed by atoms with van der Waals surface area (Å²) >= 11 is 0. The Bertz CT molecular complexity index is 1570. The monoisotopic (exact) mass is 507 g/mol. The maximum atomic E-state index is 15.0. The average molecular weight is 508 g/mol. The first-order valence-electron chi connectivity index (χ1n) is 13.6. The van der Waals surface area contributed by atoms with Crippen LogP contribution in [0.3, 0.4) is 0 Å². The second kappa shape index (κ2) is 9.65. The van der Waals surface area contributed by atoms with E-state index in [1.54, 1.807) is 6.07 Å². The van der Waals surface area contributed by atoms with Crippen LogP contribution in [0.4, 0.5) is 4.39 Å². The number of rotatable bonds is 6. The van der Waals surface area contributed by atoms with Crippen LogP contribution in [0.2, 0.25) is 0 Å². The van der Waals surface area contributed by atoms with Crippen LogP contribution in [0, 0.1) is 43.8 Å². The third-order valence-corrected chi connectivity index (χ3v) is 8.46. The van der Waals surface area contributed by atoms with E-state index in [2.05, 4.69) is 48.4 Å². The molecular weight excluding hydrogens is 473 g/mol. The highest BCUT2D eigenvalue weighted by Crippen LogP contribution is 2.41. The summed E-state index contributed by atoms with van der Waals surface area (Å²) in [6.07, 6.45) is 5.54. The fourth-order valence-corrected chi connectivity index (χ4v) is 5.86. The third-order valence-electron chi connectivity index (χ3n) is 8.46. The van der Waals surface area contributed by atoms with Crippen LogP contribution in [0.5, 0.6) is 0 Å². The number of nitrogens with zero attached hydrogens (tertiary/aromatic N) is 4. The van der Waals surface area contributed by atoms with Gasteiger partial charge in [0, 0.05) is 54.4 Å². The largest absolute Gasteiger partial charge is 0.342 e. The Morgan fingerprint density at radius 3 is 2.45 bits per heavy atom. The van der Waals surface area contributed by atoms with Gasteiger partial charge in [-0.3, -0.25) is 9.88 Å². The summed E-state index contributed by atoms with van der Waals surface area (Å²) in [5, 5.41) is 10.4. The third kappa shape index (κ3) is 4.51. The van der Waals surface area contributed by atoms with E-state index < -0.39 is 5.82 Å². The van der Waals surface area contributed by atoms with Crippen LogP contribution in [0.25, 0.3) is 33.3 Å². The van der Waals surface area contributed by atoms with E-state index in [1.165, 1.54) is 41.3 Å². The fraction of sp³-hybridized carbons (Fsp3) is 0.375. The van der Waals surface area contributed by atoms with Gasteiger partial charge in [-0.05, 0) is 98.5 Å². The molecule has 1 saturated heterocycles. The Morgan fingerprint density at radius 1 is 1.05 bits per heavy atom. The van der Waals surface area contributed by atoms with E-state index in [9.17, 15) is 9.65 Å². The predicted octanol–water partition coefficient (Wildman–Crippen LogP) is 6.25. The molecular formula is C32H34FN5. The second-order valence-electron chi connectivity index (χ2n) is 11.3. The van der Waals surface area contributed by atoms with E-state index in [4.69, 9.17) is 10.7 Å². The summed E-state index contributed by atoms with van der Waals surface area (Å²) in [5.74, 6) is 0.191. The van der Waals surface area contributed by atoms with Gasteiger partial charge in [0.2, 0.25) is 0 Å². The quantitative estimate of drug-likeness (QED) is 0.335. The molecule has 1 aliphatic heterocycles. The average Bonchev–Trinajstić information content (AvgIpc) is 3.53. The number of nitriles is 1. The maximum Gasteiger partial charge on any atom is 0.141 e. The molecule has 2 fully saturated rings. The van der Waals surface area contributed by atoms with Crippen LogP contribution >= 0.6 is 0 Å². The first-order chi connectivity index (χ1) is 18.3. The lowest BCUT2D eigenvalue weighted by atomic mass is 9.92. The lowest BCUT2D eigenvalue weighted by molar-refractivity contribution is 0.317. The highest BCUT2D eigenvalue weighted by Gasteiger charge is 2.27. The van der Waals surface area contributed by atoms with Crippen molar-refractivity contribution in [3.05, 3.63) is 76.4 Å². The summed E-state index contributed by atoms with van der Waals surface area (Å²) < 4.78 is 17.4. The fourth-order valence-electron chi connectivity index (χ4n) is 5.86. The Morgan fingerprint density at radius 2 is 1.82 bits per heavy atom. The lowest BCUT2D eigenvalue weighted by Gasteiger charge is -2.18. The normalized spacial score (nSPS) is 17.8. The van der Waals surface area contributed by atoms with Gasteiger partial charge in [-0.2, -0.15) is 5.26 Å². The van der Waals surface area contributed by atoms with Crippen LogP contribution in [-0.2, 0) is 13.1 Å². The molecule has 0 radical (unpaired) electrons. The molecule has 0 unspecified atom stereocenters. The summed E-state index contributed by atoms with van der Waals surface area (Å²) in [7, 11) is 0. The molecule has 194 valence electrons. The number of benzene rings is 2. The van der Waals surface area contributed by atoms with Gasteiger partial charge in [0.1, 0.15) is 11.9 Å². The predicted molar refractivity (Wildman–Crippen MR) is 150 cm³/mol. The van der Waals surface area contributed by atoms with Crippen molar-refractivity contribution in [3.8, 4) is 28.5 Å². The summed E-state index contributed by atoms with van der Waals surface area (Å²) in [4.78, 5) is 7.48. The molecule has 4 aromatic rings. The number of aromatic nitrogens is 2. The number of aryl methyl sites for hydroxylation is 2. The van der Waals surface area contributed by atoms with Crippen LogP contribution in [-0.4, -0.2) is 33.6 Å². The number of fused-ring (bicyclic) bond motifs is 1. The number of nitrogens with two attached hydrogens (primary N) is 1. The Hall–Kier alpha value is -3.53. The zero-order valence-electron chi connectivity index (χ0n) is 22.4. The zero-order valence-corrected chi connectivity index (χ0v) is 22.4. The molecule has 1 saturated carbocycles. The number of likely N-dealkylation sites (tertiary alicyclic amines) is 1. The van der Waals surface area contributed by atoms with Gasteiger partial charge in [0.05, 0.1) is 23.0 Å². The molecule has 0 spiro atoms. The van der Waals surface area contributed by atoms with Crippen LogP contribution in [0.15, 0.2) is 42.6 Å². The molecule has 6 heteroatoms. The van der Waals surface area contributed by atoms with Crippen molar-refractivity contribution in [2.75, 3.05) is 13.1 Å².